The lowest BCUT2D eigenvalue weighted by atomic mass is 10.0. The third kappa shape index (κ3) is 2.48. The first-order chi connectivity index (χ1) is 9.04. The summed E-state index contributed by atoms with van der Waals surface area (Å²) in [6.45, 7) is 4.00. The SMILES string of the molecule is CC(C)C(C#N)N(C)C(=O)c1ccc2c(c1)OCO2. The summed E-state index contributed by atoms with van der Waals surface area (Å²) >= 11 is 0. The van der Waals surface area contributed by atoms with Gasteiger partial charge in [0.05, 0.1) is 6.07 Å². The molecule has 0 saturated heterocycles. The number of hydrogen-bond acceptors (Lipinski definition) is 4. The van der Waals surface area contributed by atoms with Gasteiger partial charge in [0.25, 0.3) is 5.91 Å². The number of rotatable bonds is 3. The summed E-state index contributed by atoms with van der Waals surface area (Å²) in [5, 5.41) is 9.13. The molecular weight excluding hydrogens is 244 g/mol. The van der Waals surface area contributed by atoms with Gasteiger partial charge in [-0.1, -0.05) is 13.8 Å². The van der Waals surface area contributed by atoms with E-state index in [0.29, 0.717) is 17.1 Å². The molecule has 0 N–H and O–H groups in total. The second-order valence-corrected chi connectivity index (χ2v) is 4.80. The molecule has 0 aromatic heterocycles. The molecule has 1 unspecified atom stereocenters. The molecule has 5 heteroatoms. The Morgan fingerprint density at radius 3 is 2.68 bits per heavy atom. The number of benzene rings is 1. The Hall–Kier alpha value is -2.22. The molecule has 1 aliphatic rings. The van der Waals surface area contributed by atoms with E-state index in [2.05, 4.69) is 6.07 Å². The molecule has 1 atom stereocenters. The maximum absolute atomic E-state index is 12.3. The minimum Gasteiger partial charge on any atom is -0.454 e. The van der Waals surface area contributed by atoms with Crippen LogP contribution in [-0.4, -0.2) is 30.7 Å². The van der Waals surface area contributed by atoms with E-state index >= 15 is 0 Å². The fourth-order valence-electron chi connectivity index (χ4n) is 2.04. The van der Waals surface area contributed by atoms with Gasteiger partial charge in [0, 0.05) is 12.6 Å². The van der Waals surface area contributed by atoms with Gasteiger partial charge in [0.1, 0.15) is 6.04 Å². The molecule has 19 heavy (non-hydrogen) atoms. The molecule has 1 aromatic carbocycles. The fourth-order valence-corrected chi connectivity index (χ4v) is 2.04. The Balaban J connectivity index is 2.22. The second kappa shape index (κ2) is 5.19. The van der Waals surface area contributed by atoms with E-state index in [4.69, 9.17) is 14.7 Å². The van der Waals surface area contributed by atoms with Gasteiger partial charge < -0.3 is 14.4 Å². The van der Waals surface area contributed by atoms with Crippen LogP contribution in [0, 0.1) is 17.2 Å². The summed E-state index contributed by atoms with van der Waals surface area (Å²) < 4.78 is 10.4. The quantitative estimate of drug-likeness (QED) is 0.834. The lowest BCUT2D eigenvalue weighted by Gasteiger charge is -2.25. The number of nitriles is 1. The number of ether oxygens (including phenoxy) is 2. The summed E-state index contributed by atoms with van der Waals surface area (Å²) in [6, 6.07) is 6.75. The number of carbonyl (C=O) groups excluding carboxylic acids is 1. The van der Waals surface area contributed by atoms with Crippen molar-refractivity contribution < 1.29 is 14.3 Å². The second-order valence-electron chi connectivity index (χ2n) is 4.80. The Kier molecular flexibility index (Phi) is 3.61. The van der Waals surface area contributed by atoms with Crippen LogP contribution in [-0.2, 0) is 0 Å². The van der Waals surface area contributed by atoms with Crippen LogP contribution in [0.15, 0.2) is 18.2 Å². The first-order valence-corrected chi connectivity index (χ1v) is 6.11. The zero-order chi connectivity index (χ0) is 14.0. The molecule has 0 saturated carbocycles. The Labute approximate surface area is 112 Å². The summed E-state index contributed by atoms with van der Waals surface area (Å²) in [5.74, 6) is 1.09. The molecule has 0 spiro atoms. The molecule has 0 bridgehead atoms. The van der Waals surface area contributed by atoms with Gasteiger partial charge in [-0.05, 0) is 24.1 Å². The van der Waals surface area contributed by atoms with Gasteiger partial charge in [0.2, 0.25) is 6.79 Å². The van der Waals surface area contributed by atoms with Crippen LogP contribution in [0.3, 0.4) is 0 Å². The zero-order valence-corrected chi connectivity index (χ0v) is 11.2. The molecular formula is C14H16N2O3. The number of fused-ring (bicyclic) bond motifs is 1. The largest absolute Gasteiger partial charge is 0.454 e. The maximum atomic E-state index is 12.3. The van der Waals surface area contributed by atoms with E-state index in [1.807, 2.05) is 13.8 Å². The highest BCUT2D eigenvalue weighted by molar-refractivity contribution is 5.95. The van der Waals surface area contributed by atoms with Gasteiger partial charge in [-0.2, -0.15) is 5.26 Å². The van der Waals surface area contributed by atoms with Gasteiger partial charge in [-0.15, -0.1) is 0 Å². The van der Waals surface area contributed by atoms with Crippen LogP contribution < -0.4 is 9.47 Å². The topological polar surface area (TPSA) is 62.6 Å². The van der Waals surface area contributed by atoms with Crippen LogP contribution in [0.5, 0.6) is 11.5 Å². The average Bonchev–Trinajstić information content (AvgIpc) is 2.85. The highest BCUT2D eigenvalue weighted by atomic mass is 16.7. The third-order valence-electron chi connectivity index (χ3n) is 3.12. The molecule has 1 amide bonds. The fraction of sp³-hybridized carbons (Fsp3) is 0.429. The normalized spacial score (nSPS) is 14.1. The zero-order valence-electron chi connectivity index (χ0n) is 11.2. The average molecular weight is 260 g/mol. The van der Waals surface area contributed by atoms with E-state index < -0.39 is 6.04 Å². The van der Waals surface area contributed by atoms with Crippen LogP contribution >= 0.6 is 0 Å². The monoisotopic (exact) mass is 260 g/mol. The van der Waals surface area contributed by atoms with Crippen LogP contribution in [0.25, 0.3) is 0 Å². The van der Waals surface area contributed by atoms with Crippen molar-refractivity contribution in [3.8, 4) is 17.6 Å². The molecule has 5 nitrogen and oxygen atoms in total. The van der Waals surface area contributed by atoms with Gasteiger partial charge in [-0.3, -0.25) is 4.79 Å². The molecule has 0 aliphatic carbocycles. The van der Waals surface area contributed by atoms with E-state index in [1.54, 1.807) is 25.2 Å². The number of carbonyl (C=O) groups is 1. The van der Waals surface area contributed by atoms with E-state index in [0.717, 1.165) is 0 Å². The van der Waals surface area contributed by atoms with Crippen LogP contribution in [0.4, 0.5) is 0 Å². The van der Waals surface area contributed by atoms with Gasteiger partial charge in [0.15, 0.2) is 11.5 Å². The van der Waals surface area contributed by atoms with E-state index in [9.17, 15) is 4.79 Å². The van der Waals surface area contributed by atoms with Crippen molar-refractivity contribution in [2.45, 2.75) is 19.9 Å². The molecule has 2 rings (SSSR count). The van der Waals surface area contributed by atoms with Crippen molar-refractivity contribution >= 4 is 5.91 Å². The minimum absolute atomic E-state index is 0.0768. The summed E-state index contributed by atoms with van der Waals surface area (Å²) in [4.78, 5) is 13.8. The van der Waals surface area contributed by atoms with Crippen LogP contribution in [0.2, 0.25) is 0 Å². The number of nitrogens with zero attached hydrogens (tertiary/aromatic N) is 2. The highest BCUT2D eigenvalue weighted by Crippen LogP contribution is 2.32. The van der Waals surface area contributed by atoms with Crippen molar-refractivity contribution in [3.63, 3.8) is 0 Å². The predicted molar refractivity (Wildman–Crippen MR) is 68.9 cm³/mol. The smallest absolute Gasteiger partial charge is 0.254 e. The summed E-state index contributed by atoms with van der Waals surface area (Å²) in [6.07, 6.45) is 0. The Bertz CT molecular complexity index is 534. The predicted octanol–water partition coefficient (Wildman–Crippen LogP) is 2.04. The van der Waals surface area contributed by atoms with Crippen molar-refractivity contribution in [2.75, 3.05) is 13.8 Å². The van der Waals surface area contributed by atoms with Crippen molar-refractivity contribution in [3.05, 3.63) is 23.8 Å². The van der Waals surface area contributed by atoms with Gasteiger partial charge in [-0.25, -0.2) is 0 Å². The standard InChI is InChI=1S/C14H16N2O3/c1-9(2)11(7-15)16(3)14(17)10-4-5-12-13(6-10)19-8-18-12/h4-6,9,11H,8H2,1-3H3. The molecule has 1 aromatic rings. The van der Waals surface area contributed by atoms with E-state index in [1.165, 1.54) is 4.90 Å². The highest BCUT2D eigenvalue weighted by Gasteiger charge is 2.25. The first-order valence-electron chi connectivity index (χ1n) is 6.11. The Morgan fingerprint density at radius 2 is 2.05 bits per heavy atom. The molecule has 1 aliphatic heterocycles. The lowest BCUT2D eigenvalue weighted by Crippen LogP contribution is -2.39. The van der Waals surface area contributed by atoms with Crippen molar-refractivity contribution in [2.24, 2.45) is 5.92 Å². The van der Waals surface area contributed by atoms with Crippen molar-refractivity contribution in [1.82, 2.24) is 4.90 Å². The Morgan fingerprint density at radius 1 is 1.37 bits per heavy atom. The number of hydrogen-bond donors (Lipinski definition) is 0. The summed E-state index contributed by atoms with van der Waals surface area (Å²) in [7, 11) is 1.64. The lowest BCUT2D eigenvalue weighted by molar-refractivity contribution is 0.0735. The molecule has 0 radical (unpaired) electrons. The molecule has 0 fully saturated rings. The molecule has 100 valence electrons. The number of amides is 1. The molecule has 1 heterocycles. The first kappa shape index (κ1) is 13.2. The van der Waals surface area contributed by atoms with Crippen LogP contribution in [0.1, 0.15) is 24.2 Å². The summed E-state index contributed by atoms with van der Waals surface area (Å²) in [5.41, 5.74) is 0.493. The minimum atomic E-state index is -0.446. The van der Waals surface area contributed by atoms with Crippen molar-refractivity contribution in [1.29, 1.82) is 5.26 Å². The third-order valence-corrected chi connectivity index (χ3v) is 3.12. The maximum Gasteiger partial charge on any atom is 0.254 e. The van der Waals surface area contributed by atoms with Gasteiger partial charge >= 0.3 is 0 Å². The van der Waals surface area contributed by atoms with E-state index in [-0.39, 0.29) is 18.6 Å².